The van der Waals surface area contributed by atoms with Gasteiger partial charge >= 0.3 is 0 Å². The molecular weight excluding hydrogens is 385 g/mol. The Morgan fingerprint density at radius 3 is 2.62 bits per heavy atom. The fourth-order valence-corrected chi connectivity index (χ4v) is 3.86. The molecule has 2 aromatic carbocycles. The lowest BCUT2D eigenvalue weighted by Crippen LogP contribution is -1.95. The van der Waals surface area contributed by atoms with Crippen LogP contribution in [0.25, 0.3) is 44.2 Å². The van der Waals surface area contributed by atoms with Gasteiger partial charge in [0.05, 0.1) is 5.69 Å². The zero-order valence-electron chi connectivity index (χ0n) is 15.5. The second kappa shape index (κ2) is 6.90. The normalized spacial score (nSPS) is 11.3. The summed E-state index contributed by atoms with van der Waals surface area (Å²) >= 11 is 6.39. The average molecular weight is 400 g/mol. The van der Waals surface area contributed by atoms with E-state index in [1.165, 1.54) is 6.07 Å². The molecule has 3 heterocycles. The van der Waals surface area contributed by atoms with E-state index in [0.29, 0.717) is 21.9 Å². The van der Waals surface area contributed by atoms with Crippen LogP contribution in [0.3, 0.4) is 0 Å². The summed E-state index contributed by atoms with van der Waals surface area (Å²) in [7, 11) is 0. The van der Waals surface area contributed by atoms with Gasteiger partial charge in [-0.3, -0.25) is 4.98 Å². The van der Waals surface area contributed by atoms with Crippen LogP contribution in [0.5, 0.6) is 0 Å². The predicted molar refractivity (Wildman–Crippen MR) is 115 cm³/mol. The monoisotopic (exact) mass is 399 g/mol. The topological polar surface area (TPSA) is 38.7 Å². The molecule has 0 saturated carbocycles. The van der Waals surface area contributed by atoms with Crippen LogP contribution in [0.1, 0.15) is 5.56 Å². The van der Waals surface area contributed by atoms with Crippen LogP contribution in [0.4, 0.5) is 4.39 Å². The number of benzene rings is 2. The Morgan fingerprint density at radius 1 is 0.828 bits per heavy atom. The van der Waals surface area contributed by atoms with Crippen LogP contribution < -0.4 is 0 Å². The summed E-state index contributed by atoms with van der Waals surface area (Å²) in [4.78, 5) is 13.3. The minimum Gasteiger partial charge on any atom is -0.264 e. The predicted octanol–water partition coefficient (Wildman–Crippen LogP) is 6.61. The lowest BCUT2D eigenvalue weighted by molar-refractivity contribution is 0.630. The summed E-state index contributed by atoms with van der Waals surface area (Å²) in [6.45, 7) is 1.93. The molecule has 3 nitrogen and oxygen atoms in total. The summed E-state index contributed by atoms with van der Waals surface area (Å²) in [6.07, 6.45) is 5.19. The van der Waals surface area contributed by atoms with Gasteiger partial charge in [-0.25, -0.2) is 14.4 Å². The molecule has 5 rings (SSSR count). The van der Waals surface area contributed by atoms with Crippen molar-refractivity contribution >= 4 is 33.4 Å². The number of pyridine rings is 3. The van der Waals surface area contributed by atoms with Crippen molar-refractivity contribution in [2.45, 2.75) is 6.92 Å². The Morgan fingerprint density at radius 2 is 1.72 bits per heavy atom. The second-order valence-corrected chi connectivity index (χ2v) is 7.34. The molecule has 0 atom stereocenters. The van der Waals surface area contributed by atoms with Crippen LogP contribution in [-0.2, 0) is 0 Å². The van der Waals surface area contributed by atoms with E-state index in [9.17, 15) is 4.39 Å². The first-order valence-corrected chi connectivity index (χ1v) is 9.54. The number of hydrogen-bond donors (Lipinski definition) is 0. The van der Waals surface area contributed by atoms with Crippen molar-refractivity contribution in [1.82, 2.24) is 15.0 Å². The third kappa shape index (κ3) is 3.02. The zero-order chi connectivity index (χ0) is 20.0. The van der Waals surface area contributed by atoms with Crippen LogP contribution >= 0.6 is 11.6 Å². The fourth-order valence-electron chi connectivity index (χ4n) is 3.64. The maximum atomic E-state index is 14.6. The lowest BCUT2D eigenvalue weighted by Gasteiger charge is -2.13. The molecule has 0 spiro atoms. The zero-order valence-corrected chi connectivity index (χ0v) is 16.3. The summed E-state index contributed by atoms with van der Waals surface area (Å²) < 4.78 is 14.6. The van der Waals surface area contributed by atoms with Crippen molar-refractivity contribution in [3.63, 3.8) is 0 Å². The van der Waals surface area contributed by atoms with Crippen LogP contribution in [0, 0.1) is 12.7 Å². The highest BCUT2D eigenvalue weighted by Gasteiger charge is 2.15. The fraction of sp³-hybridized carbons (Fsp3) is 0.0417. The Bertz CT molecular complexity index is 1400. The highest BCUT2D eigenvalue weighted by Crippen LogP contribution is 2.37. The SMILES string of the molecule is Cc1ccc(F)c(-c2cc(-c3ccc(Cl)c4cnccc34)c3cccnc3n2)c1. The molecule has 0 N–H and O–H groups in total. The first-order valence-electron chi connectivity index (χ1n) is 9.17. The number of hydrogen-bond acceptors (Lipinski definition) is 3. The van der Waals surface area contributed by atoms with Gasteiger partial charge in [0.15, 0.2) is 5.65 Å². The average Bonchev–Trinajstić information content (AvgIpc) is 2.75. The van der Waals surface area contributed by atoms with Crippen LogP contribution in [0.15, 0.2) is 73.2 Å². The van der Waals surface area contributed by atoms with Crippen LogP contribution in [-0.4, -0.2) is 15.0 Å². The van der Waals surface area contributed by atoms with E-state index in [-0.39, 0.29) is 5.82 Å². The number of rotatable bonds is 2. The first kappa shape index (κ1) is 17.7. The highest BCUT2D eigenvalue weighted by atomic mass is 35.5. The number of fused-ring (bicyclic) bond motifs is 2. The van der Waals surface area contributed by atoms with Gasteiger partial charge < -0.3 is 0 Å². The lowest BCUT2D eigenvalue weighted by atomic mass is 9.95. The quantitative estimate of drug-likeness (QED) is 0.335. The summed E-state index contributed by atoms with van der Waals surface area (Å²) in [6, 6.07) is 16.6. The van der Waals surface area contributed by atoms with Crippen molar-refractivity contribution in [3.8, 4) is 22.4 Å². The highest BCUT2D eigenvalue weighted by molar-refractivity contribution is 6.36. The number of aromatic nitrogens is 3. The Kier molecular flexibility index (Phi) is 4.22. The third-order valence-corrected chi connectivity index (χ3v) is 5.37. The van der Waals surface area contributed by atoms with E-state index in [1.54, 1.807) is 30.7 Å². The minimum atomic E-state index is -0.311. The maximum absolute atomic E-state index is 14.6. The van der Waals surface area contributed by atoms with Crippen molar-refractivity contribution in [1.29, 1.82) is 0 Å². The molecule has 0 radical (unpaired) electrons. The van der Waals surface area contributed by atoms with E-state index < -0.39 is 0 Å². The number of halogens is 2. The molecule has 0 fully saturated rings. The van der Waals surface area contributed by atoms with Gasteiger partial charge in [-0.1, -0.05) is 29.3 Å². The van der Waals surface area contributed by atoms with Gasteiger partial charge in [-0.2, -0.15) is 0 Å². The Hall–Kier alpha value is -3.37. The van der Waals surface area contributed by atoms with Gasteiger partial charge in [-0.05, 0) is 65.9 Å². The van der Waals surface area contributed by atoms with E-state index in [1.807, 2.05) is 43.3 Å². The molecule has 140 valence electrons. The number of aryl methyl sites for hydroxylation is 1. The van der Waals surface area contributed by atoms with Crippen molar-refractivity contribution in [2.75, 3.05) is 0 Å². The Balaban J connectivity index is 1.88. The molecule has 5 heteroatoms. The van der Waals surface area contributed by atoms with Crippen molar-refractivity contribution < 1.29 is 4.39 Å². The molecule has 0 aliphatic carbocycles. The molecule has 3 aromatic heterocycles. The summed E-state index contributed by atoms with van der Waals surface area (Å²) in [5.41, 5.74) is 4.43. The standard InChI is InChI=1S/C24H15ClFN3/c1-14-4-7-22(26)19(11-14)23-12-18(17-3-2-9-28-24(17)29-23)15-5-6-21(25)20-13-27-10-8-16(15)20/h2-13H,1H3. The van der Waals surface area contributed by atoms with Crippen molar-refractivity contribution in [2.24, 2.45) is 0 Å². The summed E-state index contributed by atoms with van der Waals surface area (Å²) in [5.74, 6) is -0.311. The third-order valence-electron chi connectivity index (χ3n) is 5.04. The maximum Gasteiger partial charge on any atom is 0.160 e. The molecule has 0 aliphatic rings. The Labute approximate surface area is 171 Å². The molecule has 0 amide bonds. The summed E-state index contributed by atoms with van der Waals surface area (Å²) in [5, 5.41) is 3.37. The number of nitrogens with zero attached hydrogens (tertiary/aromatic N) is 3. The largest absolute Gasteiger partial charge is 0.264 e. The van der Waals surface area contributed by atoms with Crippen molar-refractivity contribution in [3.05, 3.63) is 89.6 Å². The molecule has 0 bridgehead atoms. The van der Waals surface area contributed by atoms with Gasteiger partial charge in [0.2, 0.25) is 0 Å². The van der Waals surface area contributed by atoms with E-state index >= 15 is 0 Å². The van der Waals surface area contributed by atoms with Gasteiger partial charge in [0, 0.05) is 39.9 Å². The molecular formula is C24H15ClFN3. The van der Waals surface area contributed by atoms with Crippen LogP contribution in [0.2, 0.25) is 5.02 Å². The van der Waals surface area contributed by atoms with E-state index in [4.69, 9.17) is 11.6 Å². The second-order valence-electron chi connectivity index (χ2n) is 6.93. The minimum absolute atomic E-state index is 0.311. The molecule has 0 unspecified atom stereocenters. The van der Waals surface area contributed by atoms with Gasteiger partial charge in [-0.15, -0.1) is 0 Å². The first-order chi connectivity index (χ1) is 14.1. The van der Waals surface area contributed by atoms with E-state index in [2.05, 4.69) is 15.0 Å². The smallest absolute Gasteiger partial charge is 0.160 e. The van der Waals surface area contributed by atoms with Gasteiger partial charge in [0.25, 0.3) is 0 Å². The molecule has 0 aliphatic heterocycles. The molecule has 5 aromatic rings. The molecule has 0 saturated heterocycles. The molecule has 29 heavy (non-hydrogen) atoms. The van der Waals surface area contributed by atoms with E-state index in [0.717, 1.165) is 32.8 Å². The van der Waals surface area contributed by atoms with Gasteiger partial charge in [0.1, 0.15) is 5.82 Å².